The lowest BCUT2D eigenvalue weighted by Gasteiger charge is -2.16. The highest BCUT2D eigenvalue weighted by atomic mass is 32.2. The molecule has 0 radical (unpaired) electrons. The Hall–Kier alpha value is -1.06. The van der Waals surface area contributed by atoms with Gasteiger partial charge in [-0.1, -0.05) is 13.8 Å². The molecule has 1 heterocycles. The lowest BCUT2D eigenvalue weighted by atomic mass is 10.3. The lowest BCUT2D eigenvalue weighted by molar-refractivity contribution is -0.135. The summed E-state index contributed by atoms with van der Waals surface area (Å²) in [5.74, 6) is 0.409. The molecule has 0 bridgehead atoms. The quantitative estimate of drug-likeness (QED) is 0.834. The van der Waals surface area contributed by atoms with Gasteiger partial charge in [-0.15, -0.1) is 0 Å². The number of hydrogen-bond acceptors (Lipinski definition) is 4. The maximum atomic E-state index is 12.1. The van der Waals surface area contributed by atoms with Gasteiger partial charge in [0.15, 0.2) is 0 Å². The van der Waals surface area contributed by atoms with Crippen molar-refractivity contribution in [1.29, 1.82) is 0 Å². The Morgan fingerprint density at radius 1 is 1.33 bits per heavy atom. The Bertz CT molecular complexity index is 552. The summed E-state index contributed by atoms with van der Waals surface area (Å²) < 4.78 is 66.3. The number of halogens is 3. The van der Waals surface area contributed by atoms with Crippen LogP contribution in [-0.2, 0) is 16.6 Å². The number of furan rings is 1. The third-order valence-electron chi connectivity index (χ3n) is 2.70. The van der Waals surface area contributed by atoms with Crippen molar-refractivity contribution >= 4 is 10.0 Å². The van der Waals surface area contributed by atoms with Crippen molar-refractivity contribution < 1.29 is 26.0 Å². The van der Waals surface area contributed by atoms with E-state index in [2.05, 4.69) is 5.32 Å². The van der Waals surface area contributed by atoms with Gasteiger partial charge in [0.1, 0.15) is 5.76 Å². The summed E-state index contributed by atoms with van der Waals surface area (Å²) in [6.07, 6.45) is -5.61. The molecule has 0 aliphatic heterocycles. The normalized spacial score (nSPS) is 13.3. The molecule has 1 aromatic rings. The predicted molar refractivity (Wildman–Crippen MR) is 71.2 cm³/mol. The molecular weight excluding hydrogens is 309 g/mol. The van der Waals surface area contributed by atoms with Crippen LogP contribution in [0.2, 0.25) is 0 Å². The van der Waals surface area contributed by atoms with E-state index in [0.29, 0.717) is 16.6 Å². The summed E-state index contributed by atoms with van der Waals surface area (Å²) in [6, 6.07) is 2.93. The zero-order chi connectivity index (χ0) is 16.3. The average molecular weight is 328 g/mol. The molecule has 0 aliphatic carbocycles. The standard InChI is InChI=1S/C12H19F3N2O3S/c1-9(2)16-8-10-4-5-11(20-10)21(18,19)17(3)7-6-12(13,14)15/h4-5,9,16H,6-8H2,1-3H3. The maximum absolute atomic E-state index is 12.1. The SMILES string of the molecule is CC(C)NCc1ccc(S(=O)(=O)N(C)CCC(F)(F)F)o1. The minimum Gasteiger partial charge on any atom is -0.447 e. The van der Waals surface area contributed by atoms with Crippen molar-refractivity contribution in [1.82, 2.24) is 9.62 Å². The van der Waals surface area contributed by atoms with Crippen LogP contribution in [0.3, 0.4) is 0 Å². The van der Waals surface area contributed by atoms with Gasteiger partial charge in [-0.3, -0.25) is 0 Å². The second-order valence-corrected chi connectivity index (χ2v) is 6.92. The second-order valence-electron chi connectivity index (χ2n) is 4.95. The molecule has 1 rings (SSSR count). The van der Waals surface area contributed by atoms with Gasteiger partial charge in [-0.25, -0.2) is 8.42 Å². The lowest BCUT2D eigenvalue weighted by Crippen LogP contribution is -2.30. The Kier molecular flexibility index (Phi) is 5.83. The Morgan fingerprint density at radius 2 is 1.95 bits per heavy atom. The van der Waals surface area contributed by atoms with E-state index >= 15 is 0 Å². The van der Waals surface area contributed by atoms with Crippen LogP contribution in [0, 0.1) is 0 Å². The van der Waals surface area contributed by atoms with Crippen LogP contribution in [0.25, 0.3) is 0 Å². The van der Waals surface area contributed by atoms with E-state index < -0.39 is 29.2 Å². The van der Waals surface area contributed by atoms with Gasteiger partial charge < -0.3 is 9.73 Å². The molecule has 21 heavy (non-hydrogen) atoms. The number of nitrogens with zero attached hydrogens (tertiary/aromatic N) is 1. The first-order chi connectivity index (χ1) is 9.52. The highest BCUT2D eigenvalue weighted by Crippen LogP contribution is 2.23. The fourth-order valence-electron chi connectivity index (χ4n) is 1.45. The van der Waals surface area contributed by atoms with E-state index in [1.807, 2.05) is 13.8 Å². The summed E-state index contributed by atoms with van der Waals surface area (Å²) in [7, 11) is -2.95. The third kappa shape index (κ3) is 5.68. The molecule has 0 fully saturated rings. The topological polar surface area (TPSA) is 62.6 Å². The first kappa shape index (κ1) is 18.0. The van der Waals surface area contributed by atoms with Gasteiger partial charge in [-0.2, -0.15) is 17.5 Å². The third-order valence-corrected chi connectivity index (χ3v) is 4.43. The number of sulfonamides is 1. The van der Waals surface area contributed by atoms with Gasteiger partial charge >= 0.3 is 6.18 Å². The zero-order valence-corrected chi connectivity index (χ0v) is 12.9. The molecule has 0 atom stereocenters. The summed E-state index contributed by atoms with van der Waals surface area (Å²) in [5, 5.41) is 2.70. The molecule has 0 saturated heterocycles. The van der Waals surface area contributed by atoms with E-state index in [1.165, 1.54) is 12.1 Å². The molecule has 122 valence electrons. The maximum Gasteiger partial charge on any atom is 0.390 e. The highest BCUT2D eigenvalue weighted by molar-refractivity contribution is 7.89. The molecule has 0 aromatic carbocycles. The van der Waals surface area contributed by atoms with Crippen molar-refractivity contribution in [2.24, 2.45) is 0 Å². The van der Waals surface area contributed by atoms with Gasteiger partial charge in [0.05, 0.1) is 13.0 Å². The Labute approximate surface area is 122 Å². The largest absolute Gasteiger partial charge is 0.447 e. The van der Waals surface area contributed by atoms with Crippen LogP contribution in [0.4, 0.5) is 13.2 Å². The predicted octanol–water partition coefficient (Wildman–Crippen LogP) is 2.35. The van der Waals surface area contributed by atoms with Crippen molar-refractivity contribution in [2.75, 3.05) is 13.6 Å². The Morgan fingerprint density at radius 3 is 2.48 bits per heavy atom. The van der Waals surface area contributed by atoms with Crippen LogP contribution in [0.15, 0.2) is 21.6 Å². The summed E-state index contributed by atoms with van der Waals surface area (Å²) in [4.78, 5) is 0. The Balaban J connectivity index is 2.74. The molecule has 9 heteroatoms. The molecule has 0 saturated carbocycles. The monoisotopic (exact) mass is 328 g/mol. The first-order valence-electron chi connectivity index (χ1n) is 6.37. The summed E-state index contributed by atoms with van der Waals surface area (Å²) >= 11 is 0. The minimum absolute atomic E-state index is 0.199. The number of alkyl halides is 3. The molecule has 0 spiro atoms. The highest BCUT2D eigenvalue weighted by Gasteiger charge is 2.31. The average Bonchev–Trinajstić information content (AvgIpc) is 2.81. The van der Waals surface area contributed by atoms with Crippen LogP contribution < -0.4 is 5.32 Å². The van der Waals surface area contributed by atoms with Gasteiger partial charge in [0.2, 0.25) is 5.09 Å². The second kappa shape index (κ2) is 6.80. The molecule has 0 aliphatic rings. The number of rotatable bonds is 7. The van der Waals surface area contributed by atoms with Gasteiger partial charge in [-0.05, 0) is 12.1 Å². The number of nitrogens with one attached hydrogen (secondary N) is 1. The van der Waals surface area contributed by atoms with Crippen molar-refractivity contribution in [2.45, 2.75) is 44.1 Å². The van der Waals surface area contributed by atoms with E-state index in [0.717, 1.165) is 7.05 Å². The van der Waals surface area contributed by atoms with Crippen molar-refractivity contribution in [3.8, 4) is 0 Å². The van der Waals surface area contributed by atoms with E-state index in [-0.39, 0.29) is 11.1 Å². The summed E-state index contributed by atoms with van der Waals surface area (Å²) in [5.41, 5.74) is 0. The molecule has 0 unspecified atom stereocenters. The van der Waals surface area contributed by atoms with Crippen LogP contribution >= 0.6 is 0 Å². The van der Waals surface area contributed by atoms with E-state index in [4.69, 9.17) is 4.42 Å². The van der Waals surface area contributed by atoms with Gasteiger partial charge in [0.25, 0.3) is 10.0 Å². The van der Waals surface area contributed by atoms with E-state index in [9.17, 15) is 21.6 Å². The summed E-state index contributed by atoms with van der Waals surface area (Å²) in [6.45, 7) is 3.54. The van der Waals surface area contributed by atoms with Crippen LogP contribution in [0.5, 0.6) is 0 Å². The van der Waals surface area contributed by atoms with Crippen molar-refractivity contribution in [3.63, 3.8) is 0 Å². The van der Waals surface area contributed by atoms with E-state index in [1.54, 1.807) is 0 Å². The fraction of sp³-hybridized carbons (Fsp3) is 0.667. The van der Waals surface area contributed by atoms with Crippen LogP contribution in [-0.4, -0.2) is 38.5 Å². The molecule has 0 amide bonds. The molecule has 1 aromatic heterocycles. The number of hydrogen-bond donors (Lipinski definition) is 1. The smallest absolute Gasteiger partial charge is 0.390 e. The molecular formula is C12H19F3N2O3S. The first-order valence-corrected chi connectivity index (χ1v) is 7.81. The fourth-order valence-corrected chi connectivity index (χ4v) is 2.55. The zero-order valence-electron chi connectivity index (χ0n) is 12.1. The molecule has 5 nitrogen and oxygen atoms in total. The van der Waals surface area contributed by atoms with Gasteiger partial charge in [0, 0.05) is 19.6 Å². The molecule has 1 N–H and O–H groups in total. The van der Waals surface area contributed by atoms with Crippen LogP contribution in [0.1, 0.15) is 26.0 Å². The minimum atomic E-state index is -4.40. The van der Waals surface area contributed by atoms with Crippen molar-refractivity contribution in [3.05, 3.63) is 17.9 Å².